The molecule has 1 heteroatoms. The molecule has 3 aliphatic rings. The Morgan fingerprint density at radius 1 is 1.31 bits per heavy atom. The quantitative estimate of drug-likeness (QED) is 0.551. The summed E-state index contributed by atoms with van der Waals surface area (Å²) in [4.78, 5) is 2.63. The average Bonchev–Trinajstić information content (AvgIpc) is 2.51. The monoisotopic (exact) mass is 179 g/mol. The highest BCUT2D eigenvalue weighted by molar-refractivity contribution is 5.15. The van der Waals surface area contributed by atoms with E-state index in [4.69, 9.17) is 0 Å². The van der Waals surface area contributed by atoms with Gasteiger partial charge in [0.25, 0.3) is 0 Å². The number of hydrogen-bond donors (Lipinski definition) is 0. The lowest BCUT2D eigenvalue weighted by Crippen LogP contribution is -2.29. The molecule has 0 N–H and O–H groups in total. The van der Waals surface area contributed by atoms with Gasteiger partial charge in [-0.1, -0.05) is 20.8 Å². The van der Waals surface area contributed by atoms with Crippen LogP contribution in [-0.4, -0.2) is 24.5 Å². The Labute approximate surface area is 81.5 Å². The Hall–Kier alpha value is -0.0400. The Kier molecular flexibility index (Phi) is 1.36. The molecule has 2 bridgehead atoms. The van der Waals surface area contributed by atoms with Crippen LogP contribution in [0.2, 0.25) is 0 Å². The molecule has 3 rings (SSSR count). The maximum absolute atomic E-state index is 2.63. The zero-order valence-corrected chi connectivity index (χ0v) is 9.25. The summed E-state index contributed by atoms with van der Waals surface area (Å²) in [5.41, 5.74) is 0.638. The fourth-order valence-corrected chi connectivity index (χ4v) is 5.01. The molecule has 5 atom stereocenters. The topological polar surface area (TPSA) is 3.24 Å². The standard InChI is InChI=1S/C12H21N/c1-7-8-6-13(4)10-5-9(7)12(2,3)11(8)10/h7-11H,5-6H2,1-4H3. The van der Waals surface area contributed by atoms with Gasteiger partial charge in [-0.15, -0.1) is 0 Å². The van der Waals surface area contributed by atoms with Crippen molar-refractivity contribution in [1.29, 1.82) is 0 Å². The molecule has 2 aliphatic carbocycles. The van der Waals surface area contributed by atoms with Gasteiger partial charge in [-0.05, 0) is 42.6 Å². The highest BCUT2D eigenvalue weighted by Crippen LogP contribution is 2.66. The van der Waals surface area contributed by atoms with E-state index in [1.54, 1.807) is 0 Å². The summed E-state index contributed by atoms with van der Waals surface area (Å²) < 4.78 is 0. The maximum atomic E-state index is 2.63. The molecule has 2 saturated carbocycles. The minimum absolute atomic E-state index is 0.638. The summed E-state index contributed by atoms with van der Waals surface area (Å²) in [6, 6.07) is 0.932. The molecule has 1 nitrogen and oxygen atoms in total. The van der Waals surface area contributed by atoms with Gasteiger partial charge in [-0.2, -0.15) is 0 Å². The fourth-order valence-electron chi connectivity index (χ4n) is 5.01. The zero-order chi connectivity index (χ0) is 9.38. The number of fused-ring (bicyclic) bond motifs is 1. The van der Waals surface area contributed by atoms with E-state index < -0.39 is 0 Å². The van der Waals surface area contributed by atoms with Crippen molar-refractivity contribution in [1.82, 2.24) is 4.90 Å². The van der Waals surface area contributed by atoms with Crippen molar-refractivity contribution in [2.45, 2.75) is 33.2 Å². The Balaban J connectivity index is 2.06. The van der Waals surface area contributed by atoms with Crippen molar-refractivity contribution in [3.63, 3.8) is 0 Å². The van der Waals surface area contributed by atoms with Crippen LogP contribution >= 0.6 is 0 Å². The minimum Gasteiger partial charge on any atom is -0.303 e. The molecule has 1 heterocycles. The Bertz CT molecular complexity index is 246. The molecule has 1 aliphatic heterocycles. The molecule has 0 spiro atoms. The SMILES string of the molecule is CC1C2CN(C)C3CC1C(C)(C)C23. The van der Waals surface area contributed by atoms with Crippen LogP contribution in [0.1, 0.15) is 27.2 Å². The van der Waals surface area contributed by atoms with Crippen LogP contribution in [0.15, 0.2) is 0 Å². The average molecular weight is 179 g/mol. The fraction of sp³-hybridized carbons (Fsp3) is 1.00. The van der Waals surface area contributed by atoms with E-state index in [0.29, 0.717) is 5.41 Å². The van der Waals surface area contributed by atoms with Crippen LogP contribution in [0.4, 0.5) is 0 Å². The van der Waals surface area contributed by atoms with Gasteiger partial charge in [0.2, 0.25) is 0 Å². The Morgan fingerprint density at radius 3 is 2.54 bits per heavy atom. The van der Waals surface area contributed by atoms with Crippen molar-refractivity contribution in [2.24, 2.45) is 29.1 Å². The normalized spacial score (nSPS) is 57.7. The summed E-state index contributed by atoms with van der Waals surface area (Å²) >= 11 is 0. The molecule has 0 amide bonds. The lowest BCUT2D eigenvalue weighted by Gasteiger charge is -2.25. The van der Waals surface area contributed by atoms with Gasteiger partial charge in [0, 0.05) is 12.6 Å². The summed E-state index contributed by atoms with van der Waals surface area (Å²) in [6.07, 6.45) is 1.48. The second kappa shape index (κ2) is 2.13. The van der Waals surface area contributed by atoms with Crippen molar-refractivity contribution in [3.05, 3.63) is 0 Å². The van der Waals surface area contributed by atoms with Gasteiger partial charge in [0.05, 0.1) is 0 Å². The number of rotatable bonds is 0. The lowest BCUT2D eigenvalue weighted by molar-refractivity contribution is 0.227. The summed E-state index contributed by atoms with van der Waals surface area (Å²) in [5, 5.41) is 0. The first kappa shape index (κ1) is 8.28. The second-order valence-electron chi connectivity index (χ2n) is 6.22. The molecule has 13 heavy (non-hydrogen) atoms. The highest BCUT2D eigenvalue weighted by atomic mass is 15.2. The summed E-state index contributed by atoms with van der Waals surface area (Å²) in [6.45, 7) is 8.89. The van der Waals surface area contributed by atoms with E-state index in [1.165, 1.54) is 13.0 Å². The third-order valence-corrected chi connectivity index (χ3v) is 5.56. The van der Waals surface area contributed by atoms with E-state index >= 15 is 0 Å². The summed E-state index contributed by atoms with van der Waals surface area (Å²) in [7, 11) is 2.33. The van der Waals surface area contributed by atoms with Gasteiger partial charge in [0.1, 0.15) is 0 Å². The predicted octanol–water partition coefficient (Wildman–Crippen LogP) is 2.23. The van der Waals surface area contributed by atoms with Crippen molar-refractivity contribution >= 4 is 0 Å². The van der Waals surface area contributed by atoms with Crippen LogP contribution in [0.25, 0.3) is 0 Å². The van der Waals surface area contributed by atoms with Gasteiger partial charge in [0.15, 0.2) is 0 Å². The van der Waals surface area contributed by atoms with E-state index in [2.05, 4.69) is 32.7 Å². The van der Waals surface area contributed by atoms with Crippen LogP contribution in [0, 0.1) is 29.1 Å². The molecule has 0 aromatic heterocycles. The minimum atomic E-state index is 0.638. The van der Waals surface area contributed by atoms with Gasteiger partial charge in [-0.25, -0.2) is 0 Å². The molecule has 0 aromatic carbocycles. The predicted molar refractivity (Wildman–Crippen MR) is 54.5 cm³/mol. The van der Waals surface area contributed by atoms with E-state index in [1.807, 2.05) is 0 Å². The molecule has 3 fully saturated rings. The van der Waals surface area contributed by atoms with E-state index in [9.17, 15) is 0 Å². The van der Waals surface area contributed by atoms with E-state index in [0.717, 1.165) is 29.7 Å². The second-order valence-corrected chi connectivity index (χ2v) is 6.22. The van der Waals surface area contributed by atoms with Crippen molar-refractivity contribution < 1.29 is 0 Å². The Morgan fingerprint density at radius 2 is 2.00 bits per heavy atom. The molecule has 74 valence electrons. The zero-order valence-electron chi connectivity index (χ0n) is 9.25. The van der Waals surface area contributed by atoms with Gasteiger partial charge < -0.3 is 4.90 Å². The lowest BCUT2D eigenvalue weighted by atomic mass is 9.80. The molecular formula is C12H21N. The first-order chi connectivity index (χ1) is 6.03. The van der Waals surface area contributed by atoms with Crippen molar-refractivity contribution in [2.75, 3.05) is 13.6 Å². The van der Waals surface area contributed by atoms with Crippen LogP contribution in [-0.2, 0) is 0 Å². The van der Waals surface area contributed by atoms with E-state index in [-0.39, 0.29) is 0 Å². The maximum Gasteiger partial charge on any atom is 0.0132 e. The van der Waals surface area contributed by atoms with Gasteiger partial charge >= 0.3 is 0 Å². The van der Waals surface area contributed by atoms with Crippen LogP contribution < -0.4 is 0 Å². The van der Waals surface area contributed by atoms with Crippen LogP contribution in [0.5, 0.6) is 0 Å². The number of hydrogen-bond acceptors (Lipinski definition) is 1. The molecule has 0 aromatic rings. The highest BCUT2D eigenvalue weighted by Gasteiger charge is 2.65. The van der Waals surface area contributed by atoms with Crippen molar-refractivity contribution in [3.8, 4) is 0 Å². The molecule has 5 unspecified atom stereocenters. The van der Waals surface area contributed by atoms with Gasteiger partial charge in [-0.3, -0.25) is 0 Å². The first-order valence-corrected chi connectivity index (χ1v) is 5.73. The molecule has 0 radical (unpaired) electrons. The number of likely N-dealkylation sites (tertiary alicyclic amines) is 1. The smallest absolute Gasteiger partial charge is 0.0132 e. The third-order valence-electron chi connectivity index (χ3n) is 5.56. The third kappa shape index (κ3) is 0.743. The number of nitrogens with zero attached hydrogens (tertiary/aromatic N) is 1. The molecular weight excluding hydrogens is 158 g/mol. The first-order valence-electron chi connectivity index (χ1n) is 5.73. The molecule has 1 saturated heterocycles. The summed E-state index contributed by atoms with van der Waals surface area (Å²) in [5.74, 6) is 4.03. The largest absolute Gasteiger partial charge is 0.303 e. The van der Waals surface area contributed by atoms with Crippen LogP contribution in [0.3, 0.4) is 0 Å².